The standard InChI is InChI=1S/C21H27N2.ClH/c1-2-6-19(7-3-1)10-12-22-13-16-23(17-14-22)15-11-20-8-4-5-9-21(20)18-23;/h1-9H,10-18H2;1H/q+1;/p-1. The van der Waals surface area contributed by atoms with Crippen LogP contribution < -0.4 is 12.4 Å². The smallest absolute Gasteiger partial charge is 0.105 e. The largest absolute Gasteiger partial charge is 1.00 e. The van der Waals surface area contributed by atoms with E-state index in [1.165, 1.54) is 68.7 Å². The molecule has 0 aromatic heterocycles. The predicted octanol–water partition coefficient (Wildman–Crippen LogP) is 0.122. The van der Waals surface area contributed by atoms with Gasteiger partial charge in [-0.25, -0.2) is 0 Å². The van der Waals surface area contributed by atoms with Crippen molar-refractivity contribution in [2.75, 3.05) is 39.3 Å². The summed E-state index contributed by atoms with van der Waals surface area (Å²) in [5.74, 6) is 0. The van der Waals surface area contributed by atoms with E-state index < -0.39 is 0 Å². The Morgan fingerprint density at radius 2 is 1.46 bits per heavy atom. The number of nitrogens with zero attached hydrogens (tertiary/aromatic N) is 2. The molecule has 0 unspecified atom stereocenters. The molecular formula is C21H27ClN2. The summed E-state index contributed by atoms with van der Waals surface area (Å²) in [5.41, 5.74) is 4.65. The number of piperazine rings is 1. The molecule has 2 heterocycles. The fourth-order valence-electron chi connectivity index (χ4n) is 4.22. The molecule has 1 saturated heterocycles. The van der Waals surface area contributed by atoms with E-state index >= 15 is 0 Å². The second kappa shape index (κ2) is 7.69. The second-order valence-electron chi connectivity index (χ2n) is 7.27. The molecule has 0 aliphatic carbocycles. The minimum absolute atomic E-state index is 0. The summed E-state index contributed by atoms with van der Waals surface area (Å²) in [7, 11) is 0. The van der Waals surface area contributed by atoms with Crippen molar-refractivity contribution >= 4 is 0 Å². The van der Waals surface area contributed by atoms with Gasteiger partial charge < -0.3 is 16.9 Å². The van der Waals surface area contributed by atoms with E-state index in [1.807, 2.05) is 0 Å². The zero-order valence-corrected chi connectivity index (χ0v) is 15.1. The third-order valence-corrected chi connectivity index (χ3v) is 5.82. The van der Waals surface area contributed by atoms with Crippen molar-refractivity contribution in [2.45, 2.75) is 19.4 Å². The summed E-state index contributed by atoms with van der Waals surface area (Å²) in [6.45, 7) is 8.96. The molecule has 4 rings (SSSR count). The zero-order chi connectivity index (χ0) is 15.5. The van der Waals surface area contributed by atoms with Crippen LogP contribution in [0.1, 0.15) is 16.7 Å². The van der Waals surface area contributed by atoms with Crippen LogP contribution in [-0.2, 0) is 19.4 Å². The average Bonchev–Trinajstić information content (AvgIpc) is 2.62. The summed E-state index contributed by atoms with van der Waals surface area (Å²) in [5, 5.41) is 0. The molecule has 2 nitrogen and oxygen atoms in total. The number of quaternary nitrogens is 1. The van der Waals surface area contributed by atoms with Gasteiger partial charge in [-0.2, -0.15) is 0 Å². The van der Waals surface area contributed by atoms with Crippen LogP contribution in [0.2, 0.25) is 0 Å². The summed E-state index contributed by atoms with van der Waals surface area (Å²) >= 11 is 0. The van der Waals surface area contributed by atoms with E-state index in [0.717, 1.165) is 0 Å². The van der Waals surface area contributed by atoms with E-state index in [1.54, 1.807) is 11.1 Å². The molecule has 0 amide bonds. The van der Waals surface area contributed by atoms with Gasteiger partial charge in [0.1, 0.15) is 6.54 Å². The summed E-state index contributed by atoms with van der Waals surface area (Å²) in [6.07, 6.45) is 2.45. The molecule has 24 heavy (non-hydrogen) atoms. The molecule has 2 aromatic rings. The van der Waals surface area contributed by atoms with E-state index in [0.29, 0.717) is 0 Å². The summed E-state index contributed by atoms with van der Waals surface area (Å²) in [4.78, 5) is 2.66. The molecule has 0 bridgehead atoms. The van der Waals surface area contributed by atoms with Gasteiger partial charge in [0.15, 0.2) is 0 Å². The average molecular weight is 343 g/mol. The summed E-state index contributed by atoms with van der Waals surface area (Å²) in [6, 6.07) is 20.0. The van der Waals surface area contributed by atoms with Gasteiger partial charge in [0, 0.05) is 31.6 Å². The van der Waals surface area contributed by atoms with Gasteiger partial charge in [0.05, 0.1) is 19.6 Å². The van der Waals surface area contributed by atoms with Gasteiger partial charge >= 0.3 is 0 Å². The van der Waals surface area contributed by atoms with E-state index in [9.17, 15) is 0 Å². The van der Waals surface area contributed by atoms with Crippen LogP contribution in [0.4, 0.5) is 0 Å². The Kier molecular flexibility index (Phi) is 5.60. The van der Waals surface area contributed by atoms with E-state index in [4.69, 9.17) is 0 Å². The zero-order valence-electron chi connectivity index (χ0n) is 14.3. The van der Waals surface area contributed by atoms with Crippen LogP contribution >= 0.6 is 0 Å². The Morgan fingerprint density at radius 1 is 0.792 bits per heavy atom. The molecule has 2 aliphatic heterocycles. The molecule has 2 aliphatic rings. The lowest BCUT2D eigenvalue weighted by atomic mass is 9.96. The number of benzene rings is 2. The highest BCUT2D eigenvalue weighted by Gasteiger charge is 2.35. The number of hydrogen-bond acceptors (Lipinski definition) is 1. The Hall–Kier alpha value is -1.35. The molecule has 0 radical (unpaired) electrons. The van der Waals surface area contributed by atoms with E-state index in [2.05, 4.69) is 59.5 Å². The lowest BCUT2D eigenvalue weighted by Gasteiger charge is -2.47. The van der Waals surface area contributed by atoms with Gasteiger partial charge in [0.2, 0.25) is 0 Å². The maximum absolute atomic E-state index is 2.66. The molecule has 1 spiro atoms. The highest BCUT2D eigenvalue weighted by atomic mass is 35.5. The Morgan fingerprint density at radius 3 is 2.21 bits per heavy atom. The van der Waals surface area contributed by atoms with Gasteiger partial charge in [0.25, 0.3) is 0 Å². The van der Waals surface area contributed by atoms with Gasteiger partial charge in [-0.1, -0.05) is 54.6 Å². The van der Waals surface area contributed by atoms with Gasteiger partial charge in [-0.3, -0.25) is 4.90 Å². The minimum Gasteiger partial charge on any atom is -1.00 e. The predicted molar refractivity (Wildman–Crippen MR) is 95.3 cm³/mol. The van der Waals surface area contributed by atoms with Crippen LogP contribution in [0.5, 0.6) is 0 Å². The number of rotatable bonds is 3. The van der Waals surface area contributed by atoms with Gasteiger partial charge in [-0.15, -0.1) is 0 Å². The minimum atomic E-state index is 0. The highest BCUT2D eigenvalue weighted by molar-refractivity contribution is 5.27. The lowest BCUT2D eigenvalue weighted by Crippen LogP contribution is -3.00. The van der Waals surface area contributed by atoms with Gasteiger partial charge in [-0.05, 0) is 17.5 Å². The first kappa shape index (κ1) is 17.5. The van der Waals surface area contributed by atoms with Crippen molar-refractivity contribution in [3.63, 3.8) is 0 Å². The van der Waals surface area contributed by atoms with E-state index in [-0.39, 0.29) is 12.4 Å². The Bertz CT molecular complexity index is 648. The fourth-order valence-corrected chi connectivity index (χ4v) is 4.22. The third-order valence-electron chi connectivity index (χ3n) is 5.82. The second-order valence-corrected chi connectivity index (χ2v) is 7.27. The fraction of sp³-hybridized carbons (Fsp3) is 0.429. The molecular weight excluding hydrogens is 316 g/mol. The molecule has 0 atom stereocenters. The van der Waals surface area contributed by atoms with Crippen molar-refractivity contribution in [1.29, 1.82) is 0 Å². The van der Waals surface area contributed by atoms with Crippen molar-refractivity contribution in [3.8, 4) is 0 Å². The molecule has 3 heteroatoms. The quantitative estimate of drug-likeness (QED) is 0.716. The van der Waals surface area contributed by atoms with Crippen LogP contribution in [0.3, 0.4) is 0 Å². The lowest BCUT2D eigenvalue weighted by molar-refractivity contribution is -0.946. The molecule has 1 fully saturated rings. The van der Waals surface area contributed by atoms with Crippen LogP contribution in [0, 0.1) is 0 Å². The molecule has 0 N–H and O–H groups in total. The maximum Gasteiger partial charge on any atom is 0.105 e. The molecule has 2 aromatic carbocycles. The Labute approximate surface area is 152 Å². The van der Waals surface area contributed by atoms with Crippen molar-refractivity contribution in [1.82, 2.24) is 4.90 Å². The monoisotopic (exact) mass is 342 g/mol. The van der Waals surface area contributed by atoms with Crippen molar-refractivity contribution in [2.24, 2.45) is 0 Å². The first-order valence-corrected chi connectivity index (χ1v) is 9.01. The molecule has 128 valence electrons. The van der Waals surface area contributed by atoms with Crippen LogP contribution in [-0.4, -0.2) is 48.7 Å². The first-order valence-electron chi connectivity index (χ1n) is 9.01. The molecule has 0 saturated carbocycles. The normalized spacial score (nSPS) is 19.5. The third kappa shape index (κ3) is 3.83. The van der Waals surface area contributed by atoms with Crippen molar-refractivity contribution in [3.05, 3.63) is 71.3 Å². The van der Waals surface area contributed by atoms with Crippen LogP contribution in [0.15, 0.2) is 54.6 Å². The number of fused-ring (bicyclic) bond motifs is 1. The Balaban J connectivity index is 0.00000169. The maximum atomic E-state index is 2.66. The number of halogens is 1. The van der Waals surface area contributed by atoms with Crippen LogP contribution in [0.25, 0.3) is 0 Å². The SMILES string of the molecule is [Cl-].c1ccc(CCN2CC[N+]3(CCc4ccccc4C3)CC2)cc1. The summed E-state index contributed by atoms with van der Waals surface area (Å²) < 4.78 is 1.32. The van der Waals surface area contributed by atoms with Crippen molar-refractivity contribution < 1.29 is 16.9 Å². The number of hydrogen-bond donors (Lipinski definition) is 0. The topological polar surface area (TPSA) is 3.24 Å². The first-order chi connectivity index (χ1) is 11.3. The highest BCUT2D eigenvalue weighted by Crippen LogP contribution is 2.26.